The molecule has 0 radical (unpaired) electrons. The molecule has 0 spiro atoms. The fourth-order valence-corrected chi connectivity index (χ4v) is 4.23. The molecule has 1 aliphatic heterocycles. The number of carbonyl (C=O) groups excluding carboxylic acids is 3. The van der Waals surface area contributed by atoms with Crippen LogP contribution in [0.4, 0.5) is 0 Å². The van der Waals surface area contributed by atoms with Crippen LogP contribution < -0.4 is 22.1 Å². The average Bonchev–Trinajstić information content (AvgIpc) is 3.32. The molecule has 1 saturated heterocycles. The number of rotatable bonds is 13. The summed E-state index contributed by atoms with van der Waals surface area (Å²) in [4.78, 5) is 52.2. The van der Waals surface area contributed by atoms with E-state index in [1.54, 1.807) is 0 Å². The molecule has 1 fully saturated rings. The fraction of sp³-hybridized carbons (Fsp3) is 0.600. The molecule has 10 heteroatoms. The molecule has 194 valence electrons. The van der Waals surface area contributed by atoms with Crippen LogP contribution in [0.25, 0.3) is 0 Å². The van der Waals surface area contributed by atoms with Crippen molar-refractivity contribution in [2.24, 2.45) is 17.4 Å². The molecule has 1 aliphatic rings. The van der Waals surface area contributed by atoms with Crippen molar-refractivity contribution in [2.45, 2.75) is 76.5 Å². The summed E-state index contributed by atoms with van der Waals surface area (Å²) in [6, 6.07) is 5.88. The topological polar surface area (TPSA) is 168 Å². The van der Waals surface area contributed by atoms with E-state index < -0.39 is 42.0 Å². The van der Waals surface area contributed by atoms with Crippen LogP contribution in [-0.2, 0) is 25.6 Å². The quantitative estimate of drug-likeness (QED) is 0.250. The summed E-state index contributed by atoms with van der Waals surface area (Å²) < 4.78 is 0. The SMILES string of the molecule is CC(C)C(NC(=O)C(N)Cc1ccccc1)C(=O)N1CCCC1C(=O)NC(CCCCN)C(=O)O. The van der Waals surface area contributed by atoms with E-state index in [0.29, 0.717) is 45.2 Å². The van der Waals surface area contributed by atoms with Gasteiger partial charge in [0.15, 0.2) is 0 Å². The maximum absolute atomic E-state index is 13.4. The molecule has 7 N–H and O–H groups in total. The van der Waals surface area contributed by atoms with Crippen LogP contribution in [0.2, 0.25) is 0 Å². The summed E-state index contributed by atoms with van der Waals surface area (Å²) in [6.07, 6.45) is 2.88. The van der Waals surface area contributed by atoms with Gasteiger partial charge in [0.25, 0.3) is 0 Å². The van der Waals surface area contributed by atoms with Gasteiger partial charge in [-0.15, -0.1) is 0 Å². The number of nitrogens with two attached hydrogens (primary N) is 2. The lowest BCUT2D eigenvalue weighted by molar-refractivity contribution is -0.145. The Morgan fingerprint density at radius 3 is 2.40 bits per heavy atom. The molecule has 1 aromatic carbocycles. The number of carboxylic acids is 1. The molecular weight excluding hydrogens is 450 g/mol. The smallest absolute Gasteiger partial charge is 0.326 e. The van der Waals surface area contributed by atoms with E-state index in [-0.39, 0.29) is 18.2 Å². The van der Waals surface area contributed by atoms with Crippen molar-refractivity contribution in [3.05, 3.63) is 35.9 Å². The summed E-state index contributed by atoms with van der Waals surface area (Å²) in [6.45, 7) is 4.43. The number of amides is 3. The van der Waals surface area contributed by atoms with Gasteiger partial charge in [-0.25, -0.2) is 4.79 Å². The molecule has 0 saturated carbocycles. The zero-order valence-electron chi connectivity index (χ0n) is 20.6. The zero-order valence-corrected chi connectivity index (χ0v) is 20.6. The van der Waals surface area contributed by atoms with E-state index >= 15 is 0 Å². The second kappa shape index (κ2) is 13.8. The van der Waals surface area contributed by atoms with Crippen molar-refractivity contribution in [1.82, 2.24) is 15.5 Å². The highest BCUT2D eigenvalue weighted by Crippen LogP contribution is 2.21. The minimum Gasteiger partial charge on any atom is -0.480 e. The lowest BCUT2D eigenvalue weighted by Gasteiger charge is -2.31. The van der Waals surface area contributed by atoms with Crippen molar-refractivity contribution in [2.75, 3.05) is 13.1 Å². The van der Waals surface area contributed by atoms with Gasteiger partial charge in [0.2, 0.25) is 17.7 Å². The van der Waals surface area contributed by atoms with Crippen LogP contribution >= 0.6 is 0 Å². The summed E-state index contributed by atoms with van der Waals surface area (Å²) >= 11 is 0. The average molecular weight is 490 g/mol. The van der Waals surface area contributed by atoms with Gasteiger partial charge in [-0.1, -0.05) is 44.2 Å². The lowest BCUT2D eigenvalue weighted by atomic mass is 10.00. The first-order chi connectivity index (χ1) is 16.6. The molecule has 0 aromatic heterocycles. The molecule has 3 amide bonds. The minimum atomic E-state index is -1.12. The summed E-state index contributed by atoms with van der Waals surface area (Å²) in [5.41, 5.74) is 12.5. The highest BCUT2D eigenvalue weighted by molar-refractivity contribution is 5.94. The van der Waals surface area contributed by atoms with Gasteiger partial charge < -0.3 is 32.1 Å². The van der Waals surface area contributed by atoms with E-state index in [0.717, 1.165) is 5.56 Å². The van der Waals surface area contributed by atoms with Crippen molar-refractivity contribution in [1.29, 1.82) is 0 Å². The third-order valence-electron chi connectivity index (χ3n) is 6.27. The number of likely N-dealkylation sites (tertiary alicyclic amines) is 1. The Kier molecular flexibility index (Phi) is 11.1. The van der Waals surface area contributed by atoms with Gasteiger partial charge in [-0.3, -0.25) is 14.4 Å². The van der Waals surface area contributed by atoms with Crippen LogP contribution in [0, 0.1) is 5.92 Å². The Hall–Kier alpha value is -2.98. The van der Waals surface area contributed by atoms with Crippen LogP contribution in [0.3, 0.4) is 0 Å². The first-order valence-electron chi connectivity index (χ1n) is 12.3. The molecule has 4 unspecified atom stereocenters. The maximum atomic E-state index is 13.4. The summed E-state index contributed by atoms with van der Waals surface area (Å²) in [7, 11) is 0. The molecule has 4 atom stereocenters. The molecule has 1 heterocycles. The van der Waals surface area contributed by atoms with Crippen LogP contribution in [0.5, 0.6) is 0 Å². The second-order valence-electron chi connectivity index (χ2n) is 9.40. The third-order valence-corrected chi connectivity index (χ3v) is 6.27. The van der Waals surface area contributed by atoms with Gasteiger partial charge in [-0.2, -0.15) is 0 Å². The monoisotopic (exact) mass is 489 g/mol. The Bertz CT molecular complexity index is 863. The summed E-state index contributed by atoms with van der Waals surface area (Å²) in [5.74, 6) is -2.65. The Morgan fingerprint density at radius 1 is 1.11 bits per heavy atom. The Morgan fingerprint density at radius 2 is 1.80 bits per heavy atom. The van der Waals surface area contributed by atoms with Crippen LogP contribution in [0.15, 0.2) is 30.3 Å². The number of unbranched alkanes of at least 4 members (excludes halogenated alkanes) is 1. The first kappa shape index (κ1) is 28.3. The molecule has 10 nitrogen and oxygen atoms in total. The maximum Gasteiger partial charge on any atom is 0.326 e. The van der Waals surface area contributed by atoms with Gasteiger partial charge >= 0.3 is 5.97 Å². The van der Waals surface area contributed by atoms with Crippen molar-refractivity contribution >= 4 is 23.7 Å². The fourth-order valence-electron chi connectivity index (χ4n) is 4.23. The predicted molar refractivity (Wildman–Crippen MR) is 132 cm³/mol. The normalized spacial score (nSPS) is 18.1. The number of aliphatic carboxylic acids is 1. The van der Waals surface area contributed by atoms with E-state index in [2.05, 4.69) is 10.6 Å². The number of nitrogens with zero attached hydrogens (tertiary/aromatic N) is 1. The number of benzene rings is 1. The molecular formula is C25H39N5O5. The van der Waals surface area contributed by atoms with Crippen molar-refractivity contribution < 1.29 is 24.3 Å². The van der Waals surface area contributed by atoms with Crippen LogP contribution in [0.1, 0.15) is 51.5 Å². The highest BCUT2D eigenvalue weighted by atomic mass is 16.4. The summed E-state index contributed by atoms with van der Waals surface area (Å²) in [5, 5.41) is 14.8. The first-order valence-corrected chi connectivity index (χ1v) is 12.3. The Labute approximate surface area is 206 Å². The van der Waals surface area contributed by atoms with Crippen molar-refractivity contribution in [3.63, 3.8) is 0 Å². The standard InChI is InChI=1S/C25H39N5O5/c1-16(2)21(29-22(31)18(27)15-17-9-4-3-5-10-17)24(33)30-14-8-12-20(30)23(32)28-19(25(34)35)11-6-7-13-26/h3-5,9-10,16,18-21H,6-8,11-15,26-27H2,1-2H3,(H,28,32)(H,29,31)(H,34,35). The Balaban J connectivity index is 2.04. The third kappa shape index (κ3) is 8.32. The largest absolute Gasteiger partial charge is 0.480 e. The number of carbonyl (C=O) groups is 4. The molecule has 35 heavy (non-hydrogen) atoms. The van der Waals surface area contributed by atoms with E-state index in [4.69, 9.17) is 11.5 Å². The number of hydrogen-bond acceptors (Lipinski definition) is 6. The van der Waals surface area contributed by atoms with Gasteiger partial charge in [0, 0.05) is 6.54 Å². The van der Waals surface area contributed by atoms with Crippen LogP contribution in [-0.4, -0.2) is 71.0 Å². The molecule has 0 bridgehead atoms. The van der Waals surface area contributed by atoms with Gasteiger partial charge in [0.05, 0.1) is 6.04 Å². The minimum absolute atomic E-state index is 0.234. The van der Waals surface area contributed by atoms with E-state index in [1.807, 2.05) is 44.2 Å². The number of nitrogens with one attached hydrogen (secondary N) is 2. The van der Waals surface area contributed by atoms with E-state index in [1.165, 1.54) is 4.90 Å². The molecule has 1 aromatic rings. The molecule has 2 rings (SSSR count). The van der Waals surface area contributed by atoms with Crippen molar-refractivity contribution in [3.8, 4) is 0 Å². The predicted octanol–water partition coefficient (Wildman–Crippen LogP) is 0.387. The zero-order chi connectivity index (χ0) is 26.0. The number of carboxylic acid groups (broad SMARTS) is 1. The van der Waals surface area contributed by atoms with Gasteiger partial charge in [0.1, 0.15) is 18.1 Å². The molecule has 0 aliphatic carbocycles. The lowest BCUT2D eigenvalue weighted by Crippen LogP contribution is -2.58. The van der Waals surface area contributed by atoms with Gasteiger partial charge in [-0.05, 0) is 56.6 Å². The second-order valence-corrected chi connectivity index (χ2v) is 9.40. The number of hydrogen-bond donors (Lipinski definition) is 5. The highest BCUT2D eigenvalue weighted by Gasteiger charge is 2.39. The van der Waals surface area contributed by atoms with E-state index in [9.17, 15) is 24.3 Å².